The van der Waals surface area contributed by atoms with E-state index in [0.717, 1.165) is 43.6 Å². The predicted octanol–water partition coefficient (Wildman–Crippen LogP) is 3.53. The van der Waals surface area contributed by atoms with Gasteiger partial charge in [-0.2, -0.15) is 0 Å². The third-order valence-electron chi connectivity index (χ3n) is 5.32. The zero-order valence-electron chi connectivity index (χ0n) is 16.4. The molecular weight excluding hydrogens is 371 g/mol. The molecule has 152 valence electrons. The maximum absolute atomic E-state index is 14.7. The molecule has 7 heteroatoms. The van der Waals surface area contributed by atoms with Crippen molar-refractivity contribution in [1.82, 2.24) is 9.88 Å². The highest BCUT2D eigenvalue weighted by atomic mass is 19.1. The molecule has 3 aromatic rings. The summed E-state index contributed by atoms with van der Waals surface area (Å²) in [6, 6.07) is 12.6. The second-order valence-electron chi connectivity index (χ2n) is 7.15. The van der Waals surface area contributed by atoms with Crippen LogP contribution in [0.4, 0.5) is 15.8 Å². The maximum atomic E-state index is 14.7. The molecule has 2 heterocycles. The Morgan fingerprint density at radius 2 is 1.97 bits per heavy atom. The molecule has 1 aliphatic heterocycles. The van der Waals surface area contributed by atoms with Gasteiger partial charge in [-0.3, -0.25) is 9.89 Å². The Bertz CT molecular complexity index is 1010. The third-order valence-corrected chi connectivity index (χ3v) is 5.32. The van der Waals surface area contributed by atoms with E-state index in [1.54, 1.807) is 25.5 Å². The standard InChI is InChI=1S/C22H25FN4O2/c1-29-13-12-26-8-10-27(11-9-26)21-7-6-16(14-19(21)23)24-15-18-17-4-2-3-5-20(17)25-22(18)28/h2-7,14-15,25,28H,8-13H2,1H3. The van der Waals surface area contributed by atoms with Crippen LogP contribution in [0.1, 0.15) is 5.56 Å². The zero-order valence-corrected chi connectivity index (χ0v) is 16.4. The number of H-pyrrole nitrogens is 1. The second-order valence-corrected chi connectivity index (χ2v) is 7.15. The van der Waals surface area contributed by atoms with Crippen LogP contribution in [0.2, 0.25) is 0 Å². The molecule has 0 saturated carbocycles. The summed E-state index contributed by atoms with van der Waals surface area (Å²) in [5.41, 5.74) is 2.54. The van der Waals surface area contributed by atoms with Gasteiger partial charge in [0.25, 0.3) is 0 Å². The van der Waals surface area contributed by atoms with Gasteiger partial charge in [-0.05, 0) is 18.2 Å². The van der Waals surface area contributed by atoms with Gasteiger partial charge in [-0.15, -0.1) is 0 Å². The van der Waals surface area contributed by atoms with Gasteiger partial charge >= 0.3 is 0 Å². The first-order valence-electron chi connectivity index (χ1n) is 9.75. The molecule has 1 aromatic heterocycles. The Morgan fingerprint density at radius 3 is 2.72 bits per heavy atom. The Labute approximate surface area is 169 Å². The SMILES string of the molecule is COCCN1CCN(c2ccc(N=Cc3c(O)[nH]c4ccccc34)cc2F)CC1. The van der Waals surface area contributed by atoms with E-state index in [9.17, 15) is 9.50 Å². The zero-order chi connectivity index (χ0) is 20.2. The number of anilines is 1. The van der Waals surface area contributed by atoms with Gasteiger partial charge in [0.15, 0.2) is 5.88 Å². The van der Waals surface area contributed by atoms with Crippen LogP contribution in [-0.4, -0.2) is 67.6 Å². The number of aliphatic imine (C=N–C) groups is 1. The van der Waals surface area contributed by atoms with Crippen LogP contribution < -0.4 is 4.90 Å². The number of hydrogen-bond acceptors (Lipinski definition) is 5. The average Bonchev–Trinajstić information content (AvgIpc) is 3.06. The fourth-order valence-corrected chi connectivity index (χ4v) is 3.68. The number of nitrogens with zero attached hydrogens (tertiary/aromatic N) is 3. The molecule has 0 aliphatic carbocycles. The monoisotopic (exact) mass is 396 g/mol. The van der Waals surface area contributed by atoms with Crippen LogP contribution in [0.15, 0.2) is 47.5 Å². The molecule has 1 fully saturated rings. The van der Waals surface area contributed by atoms with Crippen LogP contribution in [-0.2, 0) is 4.74 Å². The lowest BCUT2D eigenvalue weighted by Gasteiger charge is -2.36. The summed E-state index contributed by atoms with van der Waals surface area (Å²) in [5.74, 6) is -0.230. The van der Waals surface area contributed by atoms with E-state index >= 15 is 0 Å². The van der Waals surface area contributed by atoms with Crippen molar-refractivity contribution in [3.8, 4) is 5.88 Å². The highest BCUT2D eigenvalue weighted by Gasteiger charge is 2.19. The van der Waals surface area contributed by atoms with Gasteiger partial charge in [0, 0.05) is 63.0 Å². The van der Waals surface area contributed by atoms with E-state index in [-0.39, 0.29) is 11.7 Å². The van der Waals surface area contributed by atoms with Crippen LogP contribution in [0.3, 0.4) is 0 Å². The molecule has 0 radical (unpaired) electrons. The number of aromatic hydroxyl groups is 1. The number of piperazine rings is 1. The number of aromatic nitrogens is 1. The summed E-state index contributed by atoms with van der Waals surface area (Å²) >= 11 is 0. The topological polar surface area (TPSA) is 64.1 Å². The summed E-state index contributed by atoms with van der Waals surface area (Å²) < 4.78 is 19.9. The van der Waals surface area contributed by atoms with Crippen molar-refractivity contribution >= 4 is 28.5 Å². The van der Waals surface area contributed by atoms with Gasteiger partial charge < -0.3 is 19.7 Å². The van der Waals surface area contributed by atoms with E-state index in [4.69, 9.17) is 4.74 Å². The van der Waals surface area contributed by atoms with Gasteiger partial charge in [0.05, 0.1) is 23.5 Å². The van der Waals surface area contributed by atoms with Crippen molar-refractivity contribution in [2.75, 3.05) is 51.3 Å². The minimum absolute atomic E-state index is 0.0541. The summed E-state index contributed by atoms with van der Waals surface area (Å²) in [6.07, 6.45) is 1.57. The largest absolute Gasteiger partial charge is 0.494 e. The van der Waals surface area contributed by atoms with Crippen molar-refractivity contribution in [2.24, 2.45) is 4.99 Å². The Balaban J connectivity index is 1.46. The third kappa shape index (κ3) is 4.26. The van der Waals surface area contributed by atoms with Crippen molar-refractivity contribution in [2.45, 2.75) is 0 Å². The summed E-state index contributed by atoms with van der Waals surface area (Å²) in [5, 5.41) is 11.0. The Morgan fingerprint density at radius 1 is 1.17 bits per heavy atom. The van der Waals surface area contributed by atoms with Crippen LogP contribution in [0, 0.1) is 5.82 Å². The maximum Gasteiger partial charge on any atom is 0.198 e. The molecule has 0 unspecified atom stereocenters. The first-order chi connectivity index (χ1) is 14.2. The highest BCUT2D eigenvalue weighted by Crippen LogP contribution is 2.28. The number of halogens is 1. The summed E-state index contributed by atoms with van der Waals surface area (Å²) in [7, 11) is 1.70. The number of rotatable bonds is 6. The van der Waals surface area contributed by atoms with E-state index in [0.29, 0.717) is 23.5 Å². The lowest BCUT2D eigenvalue weighted by atomic mass is 10.2. The molecule has 4 rings (SSSR count). The molecule has 2 aromatic carbocycles. The molecular formula is C22H25FN4O2. The van der Waals surface area contributed by atoms with Gasteiger partial charge in [0.2, 0.25) is 0 Å². The second kappa shape index (κ2) is 8.63. The normalized spacial score (nSPS) is 15.6. The Hall–Kier alpha value is -2.90. The molecule has 6 nitrogen and oxygen atoms in total. The van der Waals surface area contributed by atoms with E-state index < -0.39 is 0 Å². The molecule has 0 amide bonds. The number of ether oxygens (including phenoxy) is 1. The van der Waals surface area contributed by atoms with Gasteiger partial charge in [-0.1, -0.05) is 18.2 Å². The van der Waals surface area contributed by atoms with E-state index in [1.807, 2.05) is 24.3 Å². The molecule has 0 bridgehead atoms. The van der Waals surface area contributed by atoms with Crippen molar-refractivity contribution in [3.05, 3.63) is 53.8 Å². The predicted molar refractivity (Wildman–Crippen MR) is 114 cm³/mol. The molecule has 1 aliphatic rings. The van der Waals surface area contributed by atoms with Gasteiger partial charge in [-0.25, -0.2) is 4.39 Å². The minimum atomic E-state index is -0.284. The lowest BCUT2D eigenvalue weighted by molar-refractivity contribution is 0.144. The molecule has 1 saturated heterocycles. The number of nitrogens with one attached hydrogen (secondary N) is 1. The number of para-hydroxylation sites is 1. The molecule has 0 spiro atoms. The molecule has 0 atom stereocenters. The summed E-state index contributed by atoms with van der Waals surface area (Å²) in [6.45, 7) is 4.97. The average molecular weight is 396 g/mol. The quantitative estimate of drug-likeness (QED) is 0.626. The smallest absolute Gasteiger partial charge is 0.198 e. The minimum Gasteiger partial charge on any atom is -0.494 e. The van der Waals surface area contributed by atoms with Crippen molar-refractivity contribution < 1.29 is 14.2 Å². The van der Waals surface area contributed by atoms with Crippen molar-refractivity contribution in [1.29, 1.82) is 0 Å². The fraction of sp³-hybridized carbons (Fsp3) is 0.318. The van der Waals surface area contributed by atoms with Crippen LogP contribution >= 0.6 is 0 Å². The molecule has 29 heavy (non-hydrogen) atoms. The van der Waals surface area contributed by atoms with Crippen LogP contribution in [0.5, 0.6) is 5.88 Å². The number of aromatic amines is 1. The first kappa shape index (κ1) is 19.4. The molecule has 2 N–H and O–H groups in total. The number of benzene rings is 2. The van der Waals surface area contributed by atoms with E-state index in [1.165, 1.54) is 6.07 Å². The lowest BCUT2D eigenvalue weighted by Crippen LogP contribution is -2.47. The number of hydrogen-bond donors (Lipinski definition) is 2. The number of fused-ring (bicyclic) bond motifs is 1. The number of methoxy groups -OCH3 is 1. The van der Waals surface area contributed by atoms with Crippen molar-refractivity contribution in [3.63, 3.8) is 0 Å². The highest BCUT2D eigenvalue weighted by molar-refractivity contribution is 6.02. The van der Waals surface area contributed by atoms with E-state index in [2.05, 4.69) is 19.8 Å². The first-order valence-corrected chi connectivity index (χ1v) is 9.75. The van der Waals surface area contributed by atoms with Crippen LogP contribution in [0.25, 0.3) is 10.9 Å². The summed E-state index contributed by atoms with van der Waals surface area (Å²) in [4.78, 5) is 11.7. The Kier molecular flexibility index (Phi) is 5.78. The van der Waals surface area contributed by atoms with Gasteiger partial charge in [0.1, 0.15) is 5.82 Å². The fourth-order valence-electron chi connectivity index (χ4n) is 3.68.